The van der Waals surface area contributed by atoms with Crippen LogP contribution in [0, 0.1) is 11.8 Å². The van der Waals surface area contributed by atoms with E-state index < -0.39 is 11.2 Å². The van der Waals surface area contributed by atoms with Crippen molar-refractivity contribution >= 4 is 28.3 Å². The van der Waals surface area contributed by atoms with Crippen molar-refractivity contribution in [2.75, 3.05) is 17.2 Å². The third-order valence-corrected chi connectivity index (χ3v) is 5.84. The van der Waals surface area contributed by atoms with E-state index in [1.807, 2.05) is 82.3 Å². The zero-order chi connectivity index (χ0) is 26.0. The predicted molar refractivity (Wildman–Crippen MR) is 144 cm³/mol. The Bertz CT molecular complexity index is 1520. The number of amides is 1. The van der Waals surface area contributed by atoms with Gasteiger partial charge in [0.15, 0.2) is 5.69 Å². The smallest absolute Gasteiger partial charge is 0.330 e. The minimum absolute atomic E-state index is 0.0175. The maximum atomic E-state index is 14.2. The summed E-state index contributed by atoms with van der Waals surface area (Å²) in [5.41, 5.74) is 7.69. The summed E-state index contributed by atoms with van der Waals surface area (Å²) in [7, 11) is 0. The number of hydrogen-bond acceptors (Lipinski definition) is 5. The number of benzene rings is 2. The molecular formula is C28H31N5O3. The lowest BCUT2D eigenvalue weighted by atomic mass is 10.0. The van der Waals surface area contributed by atoms with Crippen LogP contribution in [0.3, 0.4) is 0 Å². The number of nitrogens with two attached hydrogens (primary N) is 1. The molecule has 0 radical (unpaired) electrons. The molecule has 4 rings (SSSR count). The Morgan fingerprint density at radius 1 is 1.00 bits per heavy atom. The van der Waals surface area contributed by atoms with E-state index >= 15 is 0 Å². The summed E-state index contributed by atoms with van der Waals surface area (Å²) in [5, 5.41) is 0.668. The van der Waals surface area contributed by atoms with Gasteiger partial charge in [0, 0.05) is 24.0 Å². The number of nitrogens with one attached hydrogen (secondary N) is 1. The number of para-hydroxylation sites is 1. The Labute approximate surface area is 209 Å². The topological polar surface area (TPSA) is 114 Å². The highest BCUT2D eigenvalue weighted by molar-refractivity contribution is 6.15. The van der Waals surface area contributed by atoms with Crippen molar-refractivity contribution in [1.82, 2.24) is 14.5 Å². The normalized spacial score (nSPS) is 11.4. The monoisotopic (exact) mass is 485 g/mol. The molecule has 8 nitrogen and oxygen atoms in total. The van der Waals surface area contributed by atoms with Crippen LogP contribution in [0.2, 0.25) is 0 Å². The largest absolute Gasteiger partial charge is 0.383 e. The number of anilines is 2. The van der Waals surface area contributed by atoms with Crippen molar-refractivity contribution < 1.29 is 4.79 Å². The van der Waals surface area contributed by atoms with Crippen molar-refractivity contribution in [2.24, 2.45) is 11.8 Å². The lowest BCUT2D eigenvalue weighted by Gasteiger charge is -2.27. The molecule has 0 spiro atoms. The van der Waals surface area contributed by atoms with Gasteiger partial charge in [0.1, 0.15) is 5.82 Å². The van der Waals surface area contributed by atoms with Crippen LogP contribution >= 0.6 is 0 Å². The van der Waals surface area contributed by atoms with Crippen LogP contribution in [0.15, 0.2) is 70.3 Å². The zero-order valence-corrected chi connectivity index (χ0v) is 21.0. The molecule has 2 aromatic heterocycles. The first kappa shape index (κ1) is 24.9. The Balaban J connectivity index is 1.95. The Kier molecular flexibility index (Phi) is 7.05. The van der Waals surface area contributed by atoms with Gasteiger partial charge in [0.2, 0.25) is 0 Å². The van der Waals surface area contributed by atoms with Gasteiger partial charge in [-0.05, 0) is 24.0 Å². The number of fused-ring (bicyclic) bond motifs is 1. The van der Waals surface area contributed by atoms with Crippen LogP contribution in [0.1, 0.15) is 38.1 Å². The fourth-order valence-corrected chi connectivity index (χ4v) is 4.28. The molecule has 0 atom stereocenters. The van der Waals surface area contributed by atoms with Gasteiger partial charge < -0.3 is 10.6 Å². The molecule has 2 aromatic carbocycles. The second-order valence-electron chi connectivity index (χ2n) is 9.75. The van der Waals surface area contributed by atoms with Crippen molar-refractivity contribution in [2.45, 2.75) is 34.2 Å². The quantitative estimate of drug-likeness (QED) is 0.405. The Morgan fingerprint density at radius 3 is 2.33 bits per heavy atom. The first-order valence-electron chi connectivity index (χ1n) is 12.1. The van der Waals surface area contributed by atoms with Crippen LogP contribution in [0.25, 0.3) is 22.2 Å². The summed E-state index contributed by atoms with van der Waals surface area (Å²) in [6.07, 6.45) is 0. The van der Waals surface area contributed by atoms with E-state index in [4.69, 9.17) is 10.7 Å². The van der Waals surface area contributed by atoms with Crippen molar-refractivity contribution in [1.29, 1.82) is 0 Å². The highest BCUT2D eigenvalue weighted by atomic mass is 16.2. The summed E-state index contributed by atoms with van der Waals surface area (Å²) >= 11 is 0. The van der Waals surface area contributed by atoms with Gasteiger partial charge in [-0.1, -0.05) is 76.2 Å². The number of H-pyrrole nitrogens is 1. The van der Waals surface area contributed by atoms with Crippen LogP contribution in [0.5, 0.6) is 0 Å². The predicted octanol–water partition coefficient (Wildman–Crippen LogP) is 4.29. The number of nitrogens with zero attached hydrogens (tertiary/aromatic N) is 3. The minimum atomic E-state index is -0.687. The summed E-state index contributed by atoms with van der Waals surface area (Å²) in [5.74, 6) is -0.269. The second kappa shape index (κ2) is 10.2. The van der Waals surface area contributed by atoms with E-state index in [9.17, 15) is 14.4 Å². The van der Waals surface area contributed by atoms with Gasteiger partial charge >= 0.3 is 5.69 Å². The van der Waals surface area contributed by atoms with Gasteiger partial charge in [-0.3, -0.25) is 19.1 Å². The molecule has 0 aliphatic rings. The number of nitrogen functional groups attached to an aromatic ring is 1. The number of aromatic amines is 1. The van der Waals surface area contributed by atoms with Crippen LogP contribution in [0.4, 0.5) is 11.5 Å². The molecule has 0 bridgehead atoms. The first-order chi connectivity index (χ1) is 17.2. The molecule has 3 N–H and O–H groups in total. The minimum Gasteiger partial charge on any atom is -0.383 e. The number of rotatable bonds is 7. The van der Waals surface area contributed by atoms with E-state index in [0.29, 0.717) is 28.7 Å². The Morgan fingerprint density at radius 2 is 1.67 bits per heavy atom. The number of carbonyl (C=O) groups is 1. The number of hydrogen-bond donors (Lipinski definition) is 2. The maximum Gasteiger partial charge on any atom is 0.330 e. The summed E-state index contributed by atoms with van der Waals surface area (Å²) in [6.45, 7) is 8.35. The van der Waals surface area contributed by atoms with Gasteiger partial charge in [-0.25, -0.2) is 9.78 Å². The molecule has 0 fully saturated rings. The van der Waals surface area contributed by atoms with Crippen molar-refractivity contribution in [3.63, 3.8) is 0 Å². The van der Waals surface area contributed by atoms with E-state index in [1.54, 1.807) is 6.07 Å². The average molecular weight is 486 g/mol. The molecule has 2 heterocycles. The lowest BCUT2D eigenvalue weighted by molar-refractivity contribution is 0.0985. The third-order valence-electron chi connectivity index (χ3n) is 5.84. The van der Waals surface area contributed by atoms with Crippen LogP contribution in [-0.2, 0) is 6.54 Å². The standard InChI is InChI=1S/C28H31N5O3/c1-17(2)15-32(24-25(29)33(16-18(3)4)28(36)31-26(24)34)27(35)21-14-23(19-10-6-5-7-11-19)30-22-13-9-8-12-20(21)22/h5-14,17-18H,15-16,29H2,1-4H3,(H,31,34,36). The molecule has 186 valence electrons. The molecule has 4 aromatic rings. The lowest BCUT2D eigenvalue weighted by Crippen LogP contribution is -2.43. The highest BCUT2D eigenvalue weighted by Gasteiger charge is 2.28. The second-order valence-corrected chi connectivity index (χ2v) is 9.75. The maximum absolute atomic E-state index is 14.2. The summed E-state index contributed by atoms with van der Waals surface area (Å²) in [4.78, 5) is 48.3. The van der Waals surface area contributed by atoms with Crippen molar-refractivity contribution in [3.8, 4) is 11.3 Å². The van der Waals surface area contributed by atoms with E-state index in [2.05, 4.69) is 4.98 Å². The molecule has 1 amide bonds. The Hall–Kier alpha value is -4.20. The van der Waals surface area contributed by atoms with Crippen molar-refractivity contribution in [3.05, 3.63) is 87.1 Å². The number of carbonyl (C=O) groups excluding carboxylic acids is 1. The van der Waals surface area contributed by atoms with Gasteiger partial charge in [-0.15, -0.1) is 0 Å². The molecule has 0 unspecified atom stereocenters. The molecule has 0 aliphatic heterocycles. The van der Waals surface area contributed by atoms with Gasteiger partial charge in [-0.2, -0.15) is 0 Å². The van der Waals surface area contributed by atoms with Gasteiger partial charge in [0.25, 0.3) is 11.5 Å². The fourth-order valence-electron chi connectivity index (χ4n) is 4.28. The molecular weight excluding hydrogens is 454 g/mol. The average Bonchev–Trinajstić information content (AvgIpc) is 2.85. The van der Waals surface area contributed by atoms with E-state index in [-0.39, 0.29) is 35.8 Å². The van der Waals surface area contributed by atoms with Gasteiger partial charge in [0.05, 0.1) is 16.8 Å². The molecule has 0 saturated carbocycles. The summed E-state index contributed by atoms with van der Waals surface area (Å²) < 4.78 is 1.32. The zero-order valence-electron chi connectivity index (χ0n) is 21.0. The SMILES string of the molecule is CC(C)CN(C(=O)c1cc(-c2ccccc2)nc2ccccc12)c1c(N)n(CC(C)C)c(=O)[nH]c1=O. The molecule has 0 aliphatic carbocycles. The summed E-state index contributed by atoms with van der Waals surface area (Å²) in [6, 6.07) is 18.8. The first-order valence-corrected chi connectivity index (χ1v) is 12.1. The molecule has 0 saturated heterocycles. The van der Waals surface area contributed by atoms with E-state index in [1.165, 1.54) is 9.47 Å². The molecule has 36 heavy (non-hydrogen) atoms. The molecule has 8 heteroatoms. The fraction of sp³-hybridized carbons (Fsp3) is 0.286. The number of aromatic nitrogens is 3. The van der Waals surface area contributed by atoms with E-state index in [0.717, 1.165) is 5.56 Å². The number of pyridine rings is 1. The highest BCUT2D eigenvalue weighted by Crippen LogP contribution is 2.28. The third kappa shape index (κ3) is 4.93. The van der Waals surface area contributed by atoms with Crippen LogP contribution < -0.4 is 21.9 Å². The van der Waals surface area contributed by atoms with Crippen LogP contribution in [-0.4, -0.2) is 27.0 Å².